The summed E-state index contributed by atoms with van der Waals surface area (Å²) in [5, 5.41) is 10.5. The normalized spacial score (nSPS) is 14.2. The van der Waals surface area contributed by atoms with Crippen molar-refractivity contribution in [1.29, 1.82) is 0 Å². The molecule has 0 aromatic rings. The van der Waals surface area contributed by atoms with E-state index in [1.165, 1.54) is 141 Å². The lowest BCUT2D eigenvalue weighted by molar-refractivity contribution is -0.161. The van der Waals surface area contributed by atoms with Gasteiger partial charge in [-0.3, -0.25) is 37.3 Å². The Morgan fingerprint density at radius 3 is 0.810 bits per heavy atom. The van der Waals surface area contributed by atoms with Crippen LogP contribution < -0.4 is 0 Å². The topological polar surface area (TPSA) is 237 Å². The first-order chi connectivity index (χ1) is 40.5. The number of phosphoric acid groups is 2. The molecule has 0 aromatic heterocycles. The minimum Gasteiger partial charge on any atom is -0.462 e. The van der Waals surface area contributed by atoms with Crippen molar-refractivity contribution in [3.8, 4) is 0 Å². The van der Waals surface area contributed by atoms with Gasteiger partial charge in [-0.15, -0.1) is 0 Å². The molecule has 0 aliphatic carbocycles. The van der Waals surface area contributed by atoms with Crippen LogP contribution in [0.2, 0.25) is 0 Å². The van der Waals surface area contributed by atoms with Gasteiger partial charge in [-0.05, 0) is 31.6 Å². The lowest BCUT2D eigenvalue weighted by Gasteiger charge is -2.21. The molecule has 0 heterocycles. The number of unbranched alkanes of at least 4 members (excludes halogenated alkanes) is 37. The number of carbonyl (C=O) groups is 4. The Kier molecular flexibility index (Phi) is 57.4. The summed E-state index contributed by atoms with van der Waals surface area (Å²) in [5.74, 6) is -1.37. The Hall–Kier alpha value is -1.94. The Morgan fingerprint density at radius 2 is 0.548 bits per heavy atom. The van der Waals surface area contributed by atoms with E-state index < -0.39 is 97.5 Å². The average Bonchev–Trinajstić information content (AvgIpc) is 3.54. The molecule has 0 fully saturated rings. The fourth-order valence-corrected chi connectivity index (χ4v) is 11.3. The molecule has 0 amide bonds. The molecule has 0 rings (SSSR count). The zero-order chi connectivity index (χ0) is 62.0. The molecule has 84 heavy (non-hydrogen) atoms. The standard InChI is InChI=1S/C65H126O17P2/c1-6-9-12-15-18-20-21-22-23-26-30-34-39-44-49-63(68)76-55-61(82-65(70)51-46-41-36-31-27-24-25-29-33-37-42-47-58(4)5)57-80-84(73,74)78-53-59(66)52-77-83(71,72)79-56-60(54-75-62(67)48-43-38-32-17-14-11-8-3)81-64(69)50-45-40-35-28-19-16-13-10-7-2/h58-61,66H,6-57H2,1-5H3,(H,71,72)(H,73,74)/t59-,60+,61+/m0/s1. The maximum absolute atomic E-state index is 13.0. The van der Waals surface area contributed by atoms with E-state index in [9.17, 15) is 43.2 Å². The number of ether oxygens (including phenoxy) is 4. The van der Waals surface area contributed by atoms with Crippen LogP contribution in [0.15, 0.2) is 0 Å². The predicted octanol–water partition coefficient (Wildman–Crippen LogP) is 18.2. The monoisotopic (exact) mass is 1240 g/mol. The molecular weight excluding hydrogens is 1110 g/mol. The van der Waals surface area contributed by atoms with Crippen LogP contribution in [0.5, 0.6) is 0 Å². The summed E-state index contributed by atoms with van der Waals surface area (Å²) >= 11 is 0. The summed E-state index contributed by atoms with van der Waals surface area (Å²) in [7, 11) is -9.88. The number of carbonyl (C=O) groups excluding carboxylic acids is 4. The number of phosphoric ester groups is 2. The molecule has 0 aliphatic rings. The van der Waals surface area contributed by atoms with Gasteiger partial charge in [-0.1, -0.05) is 279 Å². The van der Waals surface area contributed by atoms with E-state index in [-0.39, 0.29) is 25.7 Å². The molecule has 0 saturated carbocycles. The Labute approximate surface area is 511 Å². The Balaban J connectivity index is 5.20. The Bertz CT molecular complexity index is 1640. The van der Waals surface area contributed by atoms with Gasteiger partial charge in [0.15, 0.2) is 12.2 Å². The number of hydrogen-bond acceptors (Lipinski definition) is 15. The quantitative estimate of drug-likeness (QED) is 0.0222. The van der Waals surface area contributed by atoms with Gasteiger partial charge in [-0.2, -0.15) is 0 Å². The summed E-state index contributed by atoms with van der Waals surface area (Å²) < 4.78 is 67.9. The fraction of sp³-hybridized carbons (Fsp3) is 0.938. The molecule has 3 N–H and O–H groups in total. The van der Waals surface area contributed by atoms with Gasteiger partial charge in [0, 0.05) is 25.7 Å². The van der Waals surface area contributed by atoms with E-state index in [1.54, 1.807) is 0 Å². The third-order valence-corrected chi connectivity index (χ3v) is 16.9. The first-order valence-corrected chi connectivity index (χ1v) is 37.1. The SMILES string of the molecule is CCCCCCCCCCCCCCCCC(=O)OC[C@H](COP(=O)(O)OC[C@@H](O)COP(=O)(O)OC[C@@H](COC(=O)CCCCCCCCC)OC(=O)CCCCCCCCCCC)OC(=O)CCCCCCCCCCCCCC(C)C. The highest BCUT2D eigenvalue weighted by molar-refractivity contribution is 7.47. The van der Waals surface area contributed by atoms with Crippen molar-refractivity contribution in [2.75, 3.05) is 39.6 Å². The van der Waals surface area contributed by atoms with Crippen LogP contribution in [0.4, 0.5) is 0 Å². The van der Waals surface area contributed by atoms with Gasteiger partial charge in [0.25, 0.3) is 0 Å². The van der Waals surface area contributed by atoms with Gasteiger partial charge >= 0.3 is 39.5 Å². The summed E-state index contributed by atoms with van der Waals surface area (Å²) in [5.41, 5.74) is 0. The van der Waals surface area contributed by atoms with Crippen molar-refractivity contribution in [2.45, 2.75) is 348 Å². The lowest BCUT2D eigenvalue weighted by Crippen LogP contribution is -2.30. The van der Waals surface area contributed by atoms with Crippen molar-refractivity contribution >= 4 is 39.5 Å². The van der Waals surface area contributed by atoms with Crippen LogP contribution >= 0.6 is 15.6 Å². The summed E-state index contributed by atoms with van der Waals surface area (Å²) in [6.45, 7) is 7.15. The van der Waals surface area contributed by atoms with Gasteiger partial charge in [0.1, 0.15) is 19.3 Å². The van der Waals surface area contributed by atoms with Crippen molar-refractivity contribution in [1.82, 2.24) is 0 Å². The highest BCUT2D eigenvalue weighted by atomic mass is 31.2. The van der Waals surface area contributed by atoms with Crippen LogP contribution in [-0.4, -0.2) is 96.7 Å². The van der Waals surface area contributed by atoms with E-state index in [0.29, 0.717) is 25.7 Å². The largest absolute Gasteiger partial charge is 0.472 e. The van der Waals surface area contributed by atoms with E-state index in [4.69, 9.17) is 37.0 Å². The number of aliphatic hydroxyl groups is 1. The molecule has 0 bridgehead atoms. The van der Waals surface area contributed by atoms with Crippen molar-refractivity contribution in [3.05, 3.63) is 0 Å². The van der Waals surface area contributed by atoms with Crippen molar-refractivity contribution in [3.63, 3.8) is 0 Å². The molecule has 2 unspecified atom stereocenters. The summed E-state index contributed by atoms with van der Waals surface area (Å²) in [6.07, 6.45) is 43.1. The zero-order valence-electron chi connectivity index (χ0n) is 54.0. The average molecular weight is 1240 g/mol. The zero-order valence-corrected chi connectivity index (χ0v) is 55.8. The molecule has 0 saturated heterocycles. The highest BCUT2D eigenvalue weighted by Gasteiger charge is 2.30. The summed E-state index contributed by atoms with van der Waals surface area (Å²) in [4.78, 5) is 72.1. The first-order valence-electron chi connectivity index (χ1n) is 34.1. The van der Waals surface area contributed by atoms with Crippen LogP contribution in [-0.2, 0) is 65.4 Å². The molecule has 498 valence electrons. The smallest absolute Gasteiger partial charge is 0.462 e. The number of esters is 4. The van der Waals surface area contributed by atoms with Crippen LogP contribution in [0, 0.1) is 5.92 Å². The fourth-order valence-electron chi connectivity index (χ4n) is 9.76. The third kappa shape index (κ3) is 59.0. The number of rotatable bonds is 65. The lowest BCUT2D eigenvalue weighted by atomic mass is 10.0. The predicted molar refractivity (Wildman–Crippen MR) is 335 cm³/mol. The van der Waals surface area contributed by atoms with E-state index in [1.807, 2.05) is 0 Å². The van der Waals surface area contributed by atoms with E-state index >= 15 is 0 Å². The number of aliphatic hydroxyl groups excluding tert-OH is 1. The molecule has 19 heteroatoms. The third-order valence-electron chi connectivity index (χ3n) is 15.0. The maximum Gasteiger partial charge on any atom is 0.472 e. The molecule has 0 radical (unpaired) electrons. The van der Waals surface area contributed by atoms with Crippen LogP contribution in [0.25, 0.3) is 0 Å². The molecule has 5 atom stereocenters. The van der Waals surface area contributed by atoms with E-state index in [0.717, 1.165) is 109 Å². The molecule has 0 aromatic carbocycles. The van der Waals surface area contributed by atoms with Crippen LogP contribution in [0.3, 0.4) is 0 Å². The second-order valence-corrected chi connectivity index (χ2v) is 26.9. The first kappa shape index (κ1) is 82.1. The van der Waals surface area contributed by atoms with Gasteiger partial charge < -0.3 is 33.8 Å². The minimum atomic E-state index is -4.94. The summed E-state index contributed by atoms with van der Waals surface area (Å²) in [6, 6.07) is 0. The highest BCUT2D eigenvalue weighted by Crippen LogP contribution is 2.45. The van der Waals surface area contributed by atoms with Crippen molar-refractivity contribution in [2.24, 2.45) is 5.92 Å². The molecule has 0 aliphatic heterocycles. The Morgan fingerprint density at radius 1 is 0.321 bits per heavy atom. The second-order valence-electron chi connectivity index (χ2n) is 24.0. The van der Waals surface area contributed by atoms with Gasteiger partial charge in [-0.25, -0.2) is 9.13 Å². The maximum atomic E-state index is 13.0. The molecule has 0 spiro atoms. The number of hydrogen-bond donors (Lipinski definition) is 3. The van der Waals surface area contributed by atoms with Crippen LogP contribution in [0.1, 0.15) is 330 Å². The van der Waals surface area contributed by atoms with E-state index in [2.05, 4.69) is 34.6 Å². The van der Waals surface area contributed by atoms with Gasteiger partial charge in [0.2, 0.25) is 0 Å². The molecule has 17 nitrogen and oxygen atoms in total. The second kappa shape index (κ2) is 58.7. The van der Waals surface area contributed by atoms with Gasteiger partial charge in [0.05, 0.1) is 26.4 Å². The van der Waals surface area contributed by atoms with Crippen molar-refractivity contribution < 1.29 is 80.2 Å². The molecular formula is C65H126O17P2. The minimum absolute atomic E-state index is 0.105.